The van der Waals surface area contributed by atoms with Gasteiger partial charge in [0.1, 0.15) is 0 Å². The number of rotatable bonds is 8. The number of ether oxygens (including phenoxy) is 1. The Morgan fingerprint density at radius 3 is 2.65 bits per heavy atom. The first-order valence-corrected chi connectivity index (χ1v) is 7.16. The first kappa shape index (κ1) is 14.9. The smallest absolute Gasteiger partial charge is 0.0509 e. The highest BCUT2D eigenvalue weighted by atomic mass is 16.5. The van der Waals surface area contributed by atoms with Crippen LogP contribution in [-0.4, -0.2) is 31.8 Å². The molecule has 3 heteroatoms. The molecule has 0 aromatic heterocycles. The van der Waals surface area contributed by atoms with Crippen molar-refractivity contribution in [3.63, 3.8) is 0 Å². The van der Waals surface area contributed by atoms with E-state index in [1.54, 1.807) is 0 Å². The maximum atomic E-state index is 5.75. The van der Waals surface area contributed by atoms with Gasteiger partial charge in [-0.25, -0.2) is 0 Å². The molecule has 0 amide bonds. The number of nitrogens with two attached hydrogens (primary N) is 1. The Bertz CT molecular complexity index is 191. The van der Waals surface area contributed by atoms with Crippen LogP contribution in [0.15, 0.2) is 0 Å². The van der Waals surface area contributed by atoms with Gasteiger partial charge in [0.05, 0.1) is 6.61 Å². The van der Waals surface area contributed by atoms with Crippen molar-refractivity contribution >= 4 is 0 Å². The summed E-state index contributed by atoms with van der Waals surface area (Å²) in [5.41, 5.74) is 5.75. The van der Waals surface area contributed by atoms with E-state index in [0.29, 0.717) is 18.0 Å². The van der Waals surface area contributed by atoms with E-state index in [-0.39, 0.29) is 0 Å². The fourth-order valence-electron chi connectivity index (χ4n) is 2.39. The highest BCUT2D eigenvalue weighted by Gasteiger charge is 2.21. The van der Waals surface area contributed by atoms with Gasteiger partial charge >= 0.3 is 0 Å². The van der Waals surface area contributed by atoms with Gasteiger partial charge in [-0.2, -0.15) is 0 Å². The topological polar surface area (TPSA) is 47.3 Å². The van der Waals surface area contributed by atoms with Gasteiger partial charge in [-0.05, 0) is 51.5 Å². The second-order valence-corrected chi connectivity index (χ2v) is 5.83. The van der Waals surface area contributed by atoms with Crippen molar-refractivity contribution < 1.29 is 4.74 Å². The predicted octanol–water partition coefficient (Wildman–Crippen LogP) is 2.15. The number of nitrogens with one attached hydrogen (secondary N) is 1. The van der Waals surface area contributed by atoms with Gasteiger partial charge in [0.25, 0.3) is 0 Å². The average Bonchev–Trinajstić information content (AvgIpc) is 2.78. The minimum absolute atomic E-state index is 0.352. The van der Waals surface area contributed by atoms with Gasteiger partial charge in [-0.15, -0.1) is 0 Å². The Labute approximate surface area is 106 Å². The summed E-state index contributed by atoms with van der Waals surface area (Å²) in [4.78, 5) is 0. The lowest BCUT2D eigenvalue weighted by molar-refractivity contribution is 0.177. The zero-order valence-corrected chi connectivity index (χ0v) is 11.7. The third kappa shape index (κ3) is 6.39. The molecule has 0 spiro atoms. The maximum Gasteiger partial charge on any atom is 0.0509 e. The highest BCUT2D eigenvalue weighted by molar-refractivity contribution is 4.76. The summed E-state index contributed by atoms with van der Waals surface area (Å²) in [5, 5.41) is 3.65. The predicted molar refractivity (Wildman–Crippen MR) is 73.1 cm³/mol. The van der Waals surface area contributed by atoms with Gasteiger partial charge in [0, 0.05) is 18.7 Å². The van der Waals surface area contributed by atoms with Gasteiger partial charge in [0.2, 0.25) is 0 Å². The average molecular weight is 242 g/mol. The Hall–Kier alpha value is -0.120. The zero-order valence-electron chi connectivity index (χ0n) is 11.7. The number of hydrogen-bond donors (Lipinski definition) is 2. The van der Waals surface area contributed by atoms with Crippen LogP contribution in [0.3, 0.4) is 0 Å². The molecule has 17 heavy (non-hydrogen) atoms. The molecule has 1 aliphatic rings. The first-order valence-electron chi connectivity index (χ1n) is 7.16. The fraction of sp³-hybridized carbons (Fsp3) is 1.00. The normalized spacial score (nSPS) is 25.8. The van der Waals surface area contributed by atoms with Crippen LogP contribution in [0.25, 0.3) is 0 Å². The molecule has 1 saturated heterocycles. The number of hydrogen-bond acceptors (Lipinski definition) is 3. The summed E-state index contributed by atoms with van der Waals surface area (Å²) in [5.74, 6) is 1.46. The minimum atomic E-state index is 0.352. The molecule has 102 valence electrons. The molecule has 1 fully saturated rings. The summed E-state index contributed by atoms with van der Waals surface area (Å²) >= 11 is 0. The third-order valence-corrected chi connectivity index (χ3v) is 3.82. The van der Waals surface area contributed by atoms with Crippen molar-refractivity contribution in [3.8, 4) is 0 Å². The van der Waals surface area contributed by atoms with Crippen LogP contribution in [0.5, 0.6) is 0 Å². The van der Waals surface area contributed by atoms with Crippen LogP contribution in [0.1, 0.15) is 46.5 Å². The molecule has 4 unspecified atom stereocenters. The van der Waals surface area contributed by atoms with Gasteiger partial charge < -0.3 is 15.8 Å². The van der Waals surface area contributed by atoms with E-state index in [1.165, 1.54) is 19.3 Å². The quantitative estimate of drug-likeness (QED) is 0.685. The second-order valence-electron chi connectivity index (χ2n) is 5.83. The van der Waals surface area contributed by atoms with Gasteiger partial charge in [-0.1, -0.05) is 13.3 Å². The zero-order chi connectivity index (χ0) is 12.7. The largest absolute Gasteiger partial charge is 0.381 e. The Balaban J connectivity index is 2.03. The van der Waals surface area contributed by atoms with E-state index in [1.807, 2.05) is 0 Å². The molecule has 0 aromatic rings. The summed E-state index contributed by atoms with van der Waals surface area (Å²) < 4.78 is 5.42. The first-order chi connectivity index (χ1) is 8.09. The SMILES string of the molecule is CC(N)CCCC(C)CNC(C)C1CCOC1. The molecule has 3 nitrogen and oxygen atoms in total. The Kier molecular flexibility index (Phi) is 7.09. The van der Waals surface area contributed by atoms with Crippen LogP contribution in [0, 0.1) is 11.8 Å². The van der Waals surface area contributed by atoms with Crippen LogP contribution in [0.4, 0.5) is 0 Å². The van der Waals surface area contributed by atoms with E-state index >= 15 is 0 Å². The van der Waals surface area contributed by atoms with E-state index in [4.69, 9.17) is 10.5 Å². The van der Waals surface area contributed by atoms with Crippen molar-refractivity contribution in [3.05, 3.63) is 0 Å². The van der Waals surface area contributed by atoms with Crippen LogP contribution >= 0.6 is 0 Å². The molecular formula is C14H30N2O. The molecule has 1 aliphatic heterocycles. The lowest BCUT2D eigenvalue weighted by Crippen LogP contribution is -2.36. The van der Waals surface area contributed by atoms with Crippen molar-refractivity contribution in [1.82, 2.24) is 5.32 Å². The Morgan fingerprint density at radius 1 is 1.29 bits per heavy atom. The lowest BCUT2D eigenvalue weighted by Gasteiger charge is -2.22. The molecule has 0 bridgehead atoms. The van der Waals surface area contributed by atoms with E-state index in [2.05, 4.69) is 26.1 Å². The van der Waals surface area contributed by atoms with Crippen LogP contribution in [-0.2, 0) is 4.74 Å². The second kappa shape index (κ2) is 8.06. The molecule has 4 atom stereocenters. The summed E-state index contributed by atoms with van der Waals surface area (Å²) in [7, 11) is 0. The molecule has 0 aromatic carbocycles. The standard InChI is InChI=1S/C14H30N2O/c1-11(5-4-6-12(2)15)9-16-13(3)14-7-8-17-10-14/h11-14,16H,4-10,15H2,1-3H3. The molecular weight excluding hydrogens is 212 g/mol. The van der Waals surface area contributed by atoms with Gasteiger partial charge in [0.15, 0.2) is 0 Å². The lowest BCUT2D eigenvalue weighted by atomic mass is 9.98. The van der Waals surface area contributed by atoms with Crippen molar-refractivity contribution in [2.45, 2.75) is 58.5 Å². The molecule has 1 heterocycles. The van der Waals surface area contributed by atoms with E-state index in [9.17, 15) is 0 Å². The summed E-state index contributed by atoms with van der Waals surface area (Å²) in [6.45, 7) is 9.70. The maximum absolute atomic E-state index is 5.75. The highest BCUT2D eigenvalue weighted by Crippen LogP contribution is 2.17. The summed E-state index contributed by atoms with van der Waals surface area (Å²) in [6.07, 6.45) is 4.90. The van der Waals surface area contributed by atoms with Crippen LogP contribution in [0.2, 0.25) is 0 Å². The summed E-state index contributed by atoms with van der Waals surface area (Å²) in [6, 6.07) is 0.943. The molecule has 0 aliphatic carbocycles. The fourth-order valence-corrected chi connectivity index (χ4v) is 2.39. The monoisotopic (exact) mass is 242 g/mol. The van der Waals surface area contributed by atoms with E-state index < -0.39 is 0 Å². The molecule has 1 rings (SSSR count). The van der Waals surface area contributed by atoms with Crippen molar-refractivity contribution in [2.24, 2.45) is 17.6 Å². The molecule has 3 N–H and O–H groups in total. The third-order valence-electron chi connectivity index (χ3n) is 3.82. The van der Waals surface area contributed by atoms with Gasteiger partial charge in [-0.3, -0.25) is 0 Å². The molecule has 0 radical (unpaired) electrons. The van der Waals surface area contributed by atoms with Crippen molar-refractivity contribution in [2.75, 3.05) is 19.8 Å². The van der Waals surface area contributed by atoms with Crippen molar-refractivity contribution in [1.29, 1.82) is 0 Å². The Morgan fingerprint density at radius 2 is 2.06 bits per heavy atom. The van der Waals surface area contributed by atoms with E-state index in [0.717, 1.165) is 32.1 Å². The van der Waals surface area contributed by atoms with Crippen LogP contribution < -0.4 is 11.1 Å². The molecule has 0 saturated carbocycles. The minimum Gasteiger partial charge on any atom is -0.381 e.